The van der Waals surface area contributed by atoms with E-state index in [9.17, 15) is 23.4 Å². The predicted octanol–water partition coefficient (Wildman–Crippen LogP) is 3.99. The number of nitrogens with zero attached hydrogens (tertiary/aromatic N) is 1. The van der Waals surface area contributed by atoms with E-state index in [1.54, 1.807) is 0 Å². The number of halogens is 4. The van der Waals surface area contributed by atoms with E-state index >= 15 is 0 Å². The molecule has 3 nitrogen and oxygen atoms in total. The lowest BCUT2D eigenvalue weighted by molar-refractivity contribution is -0.274. The zero-order valence-corrected chi connectivity index (χ0v) is 12.2. The van der Waals surface area contributed by atoms with E-state index < -0.39 is 17.7 Å². The van der Waals surface area contributed by atoms with Crippen LogP contribution in [0, 0.1) is 0 Å². The SMILES string of the molecule is CC(c1ccc(O)cc1)C(O)(c1ccnc(Cl)c1)C(F)(F)F. The van der Waals surface area contributed by atoms with Crippen LogP contribution in [0.1, 0.15) is 24.0 Å². The largest absolute Gasteiger partial charge is 0.508 e. The van der Waals surface area contributed by atoms with Crippen LogP contribution in [0.15, 0.2) is 42.6 Å². The van der Waals surface area contributed by atoms with Crippen LogP contribution >= 0.6 is 11.6 Å². The van der Waals surface area contributed by atoms with Crippen LogP contribution in [-0.4, -0.2) is 21.4 Å². The molecule has 0 aliphatic carbocycles. The number of hydrogen-bond acceptors (Lipinski definition) is 3. The Bertz CT molecular complexity index is 661. The second-order valence-corrected chi connectivity index (χ2v) is 5.33. The van der Waals surface area contributed by atoms with Crippen LogP contribution in [0.3, 0.4) is 0 Å². The highest BCUT2D eigenvalue weighted by atomic mass is 35.5. The van der Waals surface area contributed by atoms with Gasteiger partial charge < -0.3 is 10.2 Å². The molecule has 2 N–H and O–H groups in total. The monoisotopic (exact) mass is 331 g/mol. The van der Waals surface area contributed by atoms with Crippen molar-refractivity contribution >= 4 is 11.6 Å². The Labute approximate surface area is 130 Å². The summed E-state index contributed by atoms with van der Waals surface area (Å²) in [6.07, 6.45) is -3.81. The van der Waals surface area contributed by atoms with Crippen molar-refractivity contribution in [3.63, 3.8) is 0 Å². The molecule has 22 heavy (non-hydrogen) atoms. The molecule has 0 aliphatic heterocycles. The quantitative estimate of drug-likeness (QED) is 0.836. The highest BCUT2D eigenvalue weighted by Crippen LogP contribution is 2.48. The molecule has 118 valence electrons. The van der Waals surface area contributed by atoms with Crippen LogP contribution in [-0.2, 0) is 5.60 Å². The second kappa shape index (κ2) is 5.78. The van der Waals surface area contributed by atoms with E-state index in [-0.39, 0.29) is 22.0 Å². The molecule has 0 amide bonds. The number of rotatable bonds is 3. The standard InChI is InChI=1S/C15H13ClF3NO2/c1-9(10-2-4-12(21)5-3-10)14(22,15(17,18)19)11-6-7-20-13(16)8-11/h2-9,21-22H,1H3. The molecule has 2 aromatic rings. The van der Waals surface area contributed by atoms with Gasteiger partial charge in [-0.2, -0.15) is 13.2 Å². The molecular formula is C15H13ClF3NO2. The smallest absolute Gasteiger partial charge is 0.422 e. The van der Waals surface area contributed by atoms with Crippen molar-refractivity contribution in [3.05, 3.63) is 58.9 Å². The van der Waals surface area contributed by atoms with Crippen molar-refractivity contribution in [1.29, 1.82) is 0 Å². The Morgan fingerprint density at radius 3 is 2.23 bits per heavy atom. The Hall–Kier alpha value is -1.79. The molecule has 0 aliphatic rings. The first-order chi connectivity index (χ1) is 10.2. The van der Waals surface area contributed by atoms with Crippen LogP contribution < -0.4 is 0 Å². The highest BCUT2D eigenvalue weighted by molar-refractivity contribution is 6.29. The van der Waals surface area contributed by atoms with Gasteiger partial charge in [0, 0.05) is 12.1 Å². The minimum absolute atomic E-state index is 0.0709. The number of alkyl halides is 3. The normalized spacial score (nSPS) is 16.1. The third kappa shape index (κ3) is 2.89. The highest BCUT2D eigenvalue weighted by Gasteiger charge is 2.58. The number of phenols is 1. The fraction of sp³-hybridized carbons (Fsp3) is 0.267. The number of pyridine rings is 1. The zero-order valence-electron chi connectivity index (χ0n) is 11.5. The fourth-order valence-corrected chi connectivity index (χ4v) is 2.48. The average molecular weight is 332 g/mol. The van der Waals surface area contributed by atoms with Gasteiger partial charge in [0.05, 0.1) is 0 Å². The minimum atomic E-state index is -4.92. The van der Waals surface area contributed by atoms with Crippen molar-refractivity contribution in [2.24, 2.45) is 0 Å². The summed E-state index contributed by atoms with van der Waals surface area (Å²) in [5, 5.41) is 19.6. The van der Waals surface area contributed by atoms with E-state index in [2.05, 4.69) is 4.98 Å². The molecule has 2 atom stereocenters. The Kier molecular flexibility index (Phi) is 4.35. The number of aliphatic hydroxyl groups is 1. The summed E-state index contributed by atoms with van der Waals surface area (Å²) in [6, 6.07) is 7.27. The van der Waals surface area contributed by atoms with Crippen molar-refractivity contribution in [2.45, 2.75) is 24.6 Å². The third-order valence-corrected chi connectivity index (χ3v) is 3.83. The van der Waals surface area contributed by atoms with Crippen molar-refractivity contribution < 1.29 is 23.4 Å². The molecule has 0 radical (unpaired) electrons. The van der Waals surface area contributed by atoms with E-state index in [1.165, 1.54) is 31.2 Å². The van der Waals surface area contributed by atoms with Gasteiger partial charge in [-0.15, -0.1) is 0 Å². The Morgan fingerprint density at radius 1 is 1.14 bits per heavy atom. The van der Waals surface area contributed by atoms with Crippen molar-refractivity contribution in [2.75, 3.05) is 0 Å². The fourth-order valence-electron chi connectivity index (χ4n) is 2.30. The Morgan fingerprint density at radius 2 is 1.73 bits per heavy atom. The predicted molar refractivity (Wildman–Crippen MR) is 75.7 cm³/mol. The van der Waals surface area contributed by atoms with Crippen molar-refractivity contribution in [3.8, 4) is 5.75 Å². The number of phenolic OH excluding ortho intramolecular Hbond substituents is 1. The molecule has 1 heterocycles. The summed E-state index contributed by atoms with van der Waals surface area (Å²) in [7, 11) is 0. The minimum Gasteiger partial charge on any atom is -0.508 e. The summed E-state index contributed by atoms with van der Waals surface area (Å²) in [5.74, 6) is -1.38. The van der Waals surface area contributed by atoms with Gasteiger partial charge in [-0.1, -0.05) is 30.7 Å². The zero-order chi connectivity index (χ0) is 16.5. The molecule has 1 aromatic carbocycles. The number of benzene rings is 1. The van der Waals surface area contributed by atoms with Gasteiger partial charge >= 0.3 is 6.18 Å². The maximum atomic E-state index is 13.6. The van der Waals surface area contributed by atoms with Gasteiger partial charge in [0.1, 0.15) is 10.9 Å². The lowest BCUT2D eigenvalue weighted by Gasteiger charge is -2.36. The number of aromatic hydroxyl groups is 1. The van der Waals surface area contributed by atoms with Crippen LogP contribution in [0.25, 0.3) is 0 Å². The van der Waals surface area contributed by atoms with E-state index in [0.29, 0.717) is 0 Å². The molecule has 0 saturated heterocycles. The number of aromatic nitrogens is 1. The first-order valence-electron chi connectivity index (χ1n) is 6.36. The number of hydrogen-bond donors (Lipinski definition) is 2. The molecule has 1 aromatic heterocycles. The van der Waals surface area contributed by atoms with Gasteiger partial charge in [-0.25, -0.2) is 4.98 Å². The summed E-state index contributed by atoms with van der Waals surface area (Å²) < 4.78 is 40.7. The lowest BCUT2D eigenvalue weighted by atomic mass is 9.78. The van der Waals surface area contributed by atoms with Gasteiger partial charge in [0.25, 0.3) is 0 Å². The molecule has 0 saturated carbocycles. The maximum Gasteiger partial charge on any atom is 0.422 e. The van der Waals surface area contributed by atoms with Crippen LogP contribution in [0.2, 0.25) is 5.15 Å². The molecule has 0 bridgehead atoms. The summed E-state index contributed by atoms with van der Waals surface area (Å²) >= 11 is 5.65. The van der Waals surface area contributed by atoms with E-state index in [0.717, 1.165) is 18.3 Å². The summed E-state index contributed by atoms with van der Waals surface area (Å²) in [6.45, 7) is 1.26. The molecule has 0 fully saturated rings. The van der Waals surface area contributed by atoms with Crippen molar-refractivity contribution in [1.82, 2.24) is 4.98 Å². The van der Waals surface area contributed by atoms with E-state index in [1.807, 2.05) is 0 Å². The van der Waals surface area contributed by atoms with Gasteiger partial charge in [0.2, 0.25) is 0 Å². The molecule has 7 heteroatoms. The second-order valence-electron chi connectivity index (χ2n) is 4.94. The molecule has 0 spiro atoms. The summed E-state index contributed by atoms with van der Waals surface area (Å²) in [5.41, 5.74) is -3.29. The Balaban J connectivity index is 2.57. The first-order valence-corrected chi connectivity index (χ1v) is 6.74. The van der Waals surface area contributed by atoms with Gasteiger partial charge in [-0.05, 0) is 35.4 Å². The first kappa shape index (κ1) is 16.6. The van der Waals surface area contributed by atoms with Gasteiger partial charge in [0.15, 0.2) is 5.60 Å². The summed E-state index contributed by atoms with van der Waals surface area (Å²) in [4.78, 5) is 3.63. The molecular weight excluding hydrogens is 319 g/mol. The van der Waals surface area contributed by atoms with Crippen LogP contribution in [0.5, 0.6) is 5.75 Å². The average Bonchev–Trinajstić information content (AvgIpc) is 2.45. The third-order valence-electron chi connectivity index (χ3n) is 3.62. The van der Waals surface area contributed by atoms with Crippen LogP contribution in [0.4, 0.5) is 13.2 Å². The topological polar surface area (TPSA) is 53.4 Å². The maximum absolute atomic E-state index is 13.6. The van der Waals surface area contributed by atoms with Gasteiger partial charge in [-0.3, -0.25) is 0 Å². The lowest BCUT2D eigenvalue weighted by Crippen LogP contribution is -2.46. The van der Waals surface area contributed by atoms with E-state index in [4.69, 9.17) is 11.6 Å². The molecule has 2 unspecified atom stereocenters. The molecule has 2 rings (SSSR count).